The van der Waals surface area contributed by atoms with Gasteiger partial charge in [-0.05, 0) is 0 Å². The topological polar surface area (TPSA) is 77.8 Å². The van der Waals surface area contributed by atoms with Crippen molar-refractivity contribution in [1.82, 2.24) is 0 Å². The average molecular weight is 140 g/mol. The van der Waals surface area contributed by atoms with Gasteiger partial charge in [0.25, 0.3) is 0 Å². The SMILES string of the molecule is O=P(O)(O)O.[HH].[KH]. The molecule has 4 nitrogen and oxygen atoms in total. The van der Waals surface area contributed by atoms with E-state index in [2.05, 4.69) is 0 Å². The second-order valence-corrected chi connectivity index (χ2v) is 1.54. The Morgan fingerprint density at radius 3 is 1.33 bits per heavy atom. The molecule has 0 fully saturated rings. The summed E-state index contributed by atoms with van der Waals surface area (Å²) in [5, 5.41) is 0. The molecule has 0 rings (SSSR count). The molecule has 0 aliphatic heterocycles. The van der Waals surface area contributed by atoms with Gasteiger partial charge in [0.05, 0.1) is 0 Å². The Hall–Kier alpha value is 1.75. The molecule has 0 saturated heterocycles. The predicted octanol–water partition coefficient (Wildman–Crippen LogP) is -1.33. The fourth-order valence-corrected chi connectivity index (χ4v) is 0. The van der Waals surface area contributed by atoms with Gasteiger partial charge in [-0.2, -0.15) is 0 Å². The van der Waals surface area contributed by atoms with Crippen LogP contribution in [0.15, 0.2) is 0 Å². The summed E-state index contributed by atoms with van der Waals surface area (Å²) in [4.78, 5) is 21.6. The first kappa shape index (κ1) is 10.7. The molecule has 0 spiro atoms. The van der Waals surface area contributed by atoms with Gasteiger partial charge in [0.15, 0.2) is 0 Å². The van der Waals surface area contributed by atoms with E-state index in [0.29, 0.717) is 0 Å². The van der Waals surface area contributed by atoms with E-state index < -0.39 is 7.82 Å². The number of hydrogen-bond donors (Lipinski definition) is 3. The fourth-order valence-electron chi connectivity index (χ4n) is 0. The summed E-state index contributed by atoms with van der Waals surface area (Å²) in [5.41, 5.74) is 0. The normalized spacial score (nSPS) is 9.83. The zero-order valence-corrected chi connectivity index (χ0v) is 3.09. The van der Waals surface area contributed by atoms with Crippen molar-refractivity contribution in [3.05, 3.63) is 0 Å². The molecule has 6 heteroatoms. The van der Waals surface area contributed by atoms with Gasteiger partial charge >= 0.3 is 59.2 Å². The Balaban J connectivity index is -0.0000000800. The molecule has 0 atom stereocenters. The molecule has 0 aromatic carbocycles. The summed E-state index contributed by atoms with van der Waals surface area (Å²) in [6.45, 7) is 0. The van der Waals surface area contributed by atoms with Crippen molar-refractivity contribution in [1.29, 1.82) is 0 Å². The summed E-state index contributed by atoms with van der Waals surface area (Å²) in [6, 6.07) is 0. The first-order valence-electron chi connectivity index (χ1n) is 0.783. The zero-order chi connectivity index (χ0) is 4.50. The molecule has 3 N–H and O–H groups in total. The predicted molar refractivity (Wildman–Crippen MR) is 23.5 cm³/mol. The van der Waals surface area contributed by atoms with Crippen LogP contribution in [0.25, 0.3) is 0 Å². The van der Waals surface area contributed by atoms with Crippen LogP contribution in [0.4, 0.5) is 0 Å². The quantitative estimate of drug-likeness (QED) is 0.288. The van der Waals surface area contributed by atoms with Crippen LogP contribution in [-0.4, -0.2) is 66.1 Å². The average Bonchev–Trinajstić information content (AvgIpc) is 0.722. The Morgan fingerprint density at radius 1 is 1.33 bits per heavy atom. The molecule has 0 amide bonds. The van der Waals surface area contributed by atoms with Crippen LogP contribution in [0.3, 0.4) is 0 Å². The summed E-state index contributed by atoms with van der Waals surface area (Å²) in [6.07, 6.45) is 0. The van der Waals surface area contributed by atoms with Crippen LogP contribution in [0.5, 0.6) is 0 Å². The van der Waals surface area contributed by atoms with Gasteiger partial charge in [-0.3, -0.25) is 0 Å². The van der Waals surface area contributed by atoms with E-state index in [9.17, 15) is 0 Å². The first-order valence-corrected chi connectivity index (χ1v) is 2.35. The van der Waals surface area contributed by atoms with Crippen molar-refractivity contribution in [3.8, 4) is 0 Å². The summed E-state index contributed by atoms with van der Waals surface area (Å²) < 4.78 is 8.88. The molecular formula is H6KO4P. The Morgan fingerprint density at radius 2 is 1.33 bits per heavy atom. The van der Waals surface area contributed by atoms with Gasteiger partial charge in [-0.25, -0.2) is 4.57 Å². The van der Waals surface area contributed by atoms with Crippen LogP contribution in [0.1, 0.15) is 1.43 Å². The molecular weight excluding hydrogens is 134 g/mol. The Bertz CT molecular complexity index is 57.8. The molecule has 0 radical (unpaired) electrons. The Labute approximate surface area is 78.7 Å². The van der Waals surface area contributed by atoms with Crippen molar-refractivity contribution < 1.29 is 20.7 Å². The van der Waals surface area contributed by atoms with E-state index in [-0.39, 0.29) is 52.8 Å². The maximum absolute atomic E-state index is 8.88. The van der Waals surface area contributed by atoms with Gasteiger partial charge in [-0.1, -0.05) is 0 Å². The maximum atomic E-state index is 8.88. The van der Waals surface area contributed by atoms with E-state index in [0.717, 1.165) is 0 Å². The summed E-state index contributed by atoms with van der Waals surface area (Å²) in [5.74, 6) is 0. The van der Waals surface area contributed by atoms with E-state index in [4.69, 9.17) is 19.2 Å². The Kier molecular flexibility index (Phi) is 6.61. The molecule has 0 bridgehead atoms. The standard InChI is InChI=1S/K.H3O4P.H2.H/c;1-5(2,3)4;;/h;(H3,1,2,3,4);1H;. The molecule has 36 valence electrons. The first-order chi connectivity index (χ1) is 2.00. The second kappa shape index (κ2) is 3.71. The molecule has 6 heavy (non-hydrogen) atoms. The molecule has 0 aliphatic rings. The van der Waals surface area contributed by atoms with Gasteiger partial charge < -0.3 is 14.7 Å². The van der Waals surface area contributed by atoms with Gasteiger partial charge in [-0.15, -0.1) is 0 Å². The minimum absolute atomic E-state index is 0. The van der Waals surface area contributed by atoms with Crippen LogP contribution in [-0.2, 0) is 4.57 Å². The third-order valence-corrected chi connectivity index (χ3v) is 0. The molecule has 0 aromatic rings. The molecule has 0 unspecified atom stereocenters. The third kappa shape index (κ3) is 42.4. The van der Waals surface area contributed by atoms with Gasteiger partial charge in [0, 0.05) is 1.43 Å². The van der Waals surface area contributed by atoms with Crippen LogP contribution in [0.2, 0.25) is 0 Å². The van der Waals surface area contributed by atoms with Crippen LogP contribution < -0.4 is 0 Å². The summed E-state index contributed by atoms with van der Waals surface area (Å²) >= 11 is 0. The monoisotopic (exact) mass is 140 g/mol. The van der Waals surface area contributed by atoms with Crippen molar-refractivity contribution in [2.75, 3.05) is 0 Å². The number of rotatable bonds is 0. The van der Waals surface area contributed by atoms with Crippen LogP contribution in [0, 0.1) is 0 Å². The fraction of sp³-hybridized carbons (Fsp3) is 0. The molecule has 0 aromatic heterocycles. The van der Waals surface area contributed by atoms with Gasteiger partial charge in [0.2, 0.25) is 0 Å². The third-order valence-electron chi connectivity index (χ3n) is 0. The summed E-state index contributed by atoms with van der Waals surface area (Å²) in [7, 11) is -4.64. The number of phosphoric acid groups is 1. The number of hydrogen-bond acceptors (Lipinski definition) is 1. The van der Waals surface area contributed by atoms with Crippen molar-refractivity contribution in [2.24, 2.45) is 0 Å². The molecule has 0 heterocycles. The van der Waals surface area contributed by atoms with Crippen LogP contribution >= 0.6 is 7.82 Å². The van der Waals surface area contributed by atoms with Gasteiger partial charge in [0.1, 0.15) is 0 Å². The van der Waals surface area contributed by atoms with Crippen molar-refractivity contribution >= 4 is 59.2 Å². The van der Waals surface area contributed by atoms with Crippen molar-refractivity contribution in [2.45, 2.75) is 0 Å². The van der Waals surface area contributed by atoms with E-state index >= 15 is 0 Å². The van der Waals surface area contributed by atoms with E-state index in [1.54, 1.807) is 0 Å². The second-order valence-electron chi connectivity index (χ2n) is 0.513. The zero-order valence-electron chi connectivity index (χ0n) is 2.20. The molecule has 0 saturated carbocycles. The van der Waals surface area contributed by atoms with E-state index in [1.165, 1.54) is 0 Å². The minimum atomic E-state index is -4.64. The van der Waals surface area contributed by atoms with Crippen molar-refractivity contribution in [3.63, 3.8) is 0 Å². The molecule has 0 aliphatic carbocycles. The van der Waals surface area contributed by atoms with E-state index in [1.807, 2.05) is 0 Å².